The van der Waals surface area contributed by atoms with Gasteiger partial charge in [0.1, 0.15) is 5.82 Å². The lowest BCUT2D eigenvalue weighted by Gasteiger charge is -2.21. The van der Waals surface area contributed by atoms with E-state index in [4.69, 9.17) is 0 Å². The lowest BCUT2D eigenvalue weighted by Crippen LogP contribution is -2.17. The van der Waals surface area contributed by atoms with Crippen LogP contribution < -0.4 is 5.32 Å². The molecule has 0 heterocycles. The first-order valence-electron chi connectivity index (χ1n) is 6.72. The van der Waals surface area contributed by atoms with Crippen LogP contribution in [0.4, 0.5) is 10.1 Å². The monoisotopic (exact) mass is 273 g/mol. The van der Waals surface area contributed by atoms with Crippen LogP contribution in [0.25, 0.3) is 0 Å². The Balaban J connectivity index is 2.34. The topological polar surface area (TPSA) is 32.3 Å². The molecule has 0 saturated heterocycles. The third-order valence-corrected chi connectivity index (χ3v) is 3.64. The Bertz CT molecular complexity index is 610. The number of aryl methyl sites for hydroxylation is 3. The van der Waals surface area contributed by atoms with Crippen molar-refractivity contribution in [2.75, 3.05) is 11.9 Å². The summed E-state index contributed by atoms with van der Waals surface area (Å²) >= 11 is 0. The van der Waals surface area contributed by atoms with Gasteiger partial charge in [-0.1, -0.05) is 24.3 Å². The molecule has 2 aromatic carbocycles. The Labute approximate surface area is 119 Å². The Kier molecular flexibility index (Phi) is 4.40. The van der Waals surface area contributed by atoms with Gasteiger partial charge >= 0.3 is 0 Å². The van der Waals surface area contributed by atoms with E-state index >= 15 is 0 Å². The zero-order valence-electron chi connectivity index (χ0n) is 12.1. The predicted molar refractivity (Wildman–Crippen MR) is 80.5 cm³/mol. The SMILES string of the molecule is Cc1cc(C)c(C(CO)Nc2ccccc2F)cc1C. The highest BCUT2D eigenvalue weighted by molar-refractivity contribution is 5.48. The molecule has 0 radical (unpaired) electrons. The van der Waals surface area contributed by atoms with Crippen molar-refractivity contribution in [1.82, 2.24) is 0 Å². The summed E-state index contributed by atoms with van der Waals surface area (Å²) in [6, 6.07) is 10.3. The molecule has 20 heavy (non-hydrogen) atoms. The molecule has 0 bridgehead atoms. The molecule has 0 aliphatic carbocycles. The third kappa shape index (κ3) is 2.99. The van der Waals surface area contributed by atoms with E-state index in [1.165, 1.54) is 17.2 Å². The fraction of sp³-hybridized carbons (Fsp3) is 0.294. The Morgan fingerprint density at radius 1 is 1.05 bits per heavy atom. The number of benzene rings is 2. The highest BCUT2D eigenvalue weighted by Crippen LogP contribution is 2.26. The van der Waals surface area contributed by atoms with E-state index < -0.39 is 0 Å². The summed E-state index contributed by atoms with van der Waals surface area (Å²) < 4.78 is 13.7. The van der Waals surface area contributed by atoms with E-state index in [1.807, 2.05) is 13.8 Å². The maximum absolute atomic E-state index is 13.7. The van der Waals surface area contributed by atoms with Gasteiger partial charge in [0, 0.05) is 0 Å². The van der Waals surface area contributed by atoms with E-state index in [2.05, 4.69) is 24.4 Å². The lowest BCUT2D eigenvalue weighted by molar-refractivity contribution is 0.275. The van der Waals surface area contributed by atoms with Gasteiger partial charge < -0.3 is 10.4 Å². The number of rotatable bonds is 4. The van der Waals surface area contributed by atoms with E-state index in [0.29, 0.717) is 5.69 Å². The molecule has 2 N–H and O–H groups in total. The van der Waals surface area contributed by atoms with Crippen LogP contribution in [0.1, 0.15) is 28.3 Å². The van der Waals surface area contributed by atoms with Gasteiger partial charge in [0.25, 0.3) is 0 Å². The van der Waals surface area contributed by atoms with Gasteiger partial charge in [-0.15, -0.1) is 0 Å². The number of para-hydroxylation sites is 1. The van der Waals surface area contributed by atoms with Crippen LogP contribution in [-0.4, -0.2) is 11.7 Å². The van der Waals surface area contributed by atoms with Gasteiger partial charge in [-0.2, -0.15) is 0 Å². The van der Waals surface area contributed by atoms with Gasteiger partial charge in [0.2, 0.25) is 0 Å². The Morgan fingerprint density at radius 3 is 2.35 bits per heavy atom. The normalized spacial score (nSPS) is 12.2. The van der Waals surface area contributed by atoms with E-state index in [0.717, 1.165) is 11.1 Å². The average Bonchev–Trinajstić information content (AvgIpc) is 2.42. The number of hydrogen-bond acceptors (Lipinski definition) is 2. The van der Waals surface area contributed by atoms with Gasteiger partial charge in [-0.25, -0.2) is 4.39 Å². The summed E-state index contributed by atoms with van der Waals surface area (Å²) in [7, 11) is 0. The maximum Gasteiger partial charge on any atom is 0.146 e. The van der Waals surface area contributed by atoms with Crippen molar-refractivity contribution >= 4 is 5.69 Å². The first-order valence-corrected chi connectivity index (χ1v) is 6.72. The van der Waals surface area contributed by atoms with Crippen molar-refractivity contribution in [3.63, 3.8) is 0 Å². The maximum atomic E-state index is 13.7. The van der Waals surface area contributed by atoms with Crippen LogP contribution in [-0.2, 0) is 0 Å². The van der Waals surface area contributed by atoms with E-state index in [-0.39, 0.29) is 18.5 Å². The van der Waals surface area contributed by atoms with Gasteiger partial charge in [0.15, 0.2) is 0 Å². The quantitative estimate of drug-likeness (QED) is 0.885. The summed E-state index contributed by atoms with van der Waals surface area (Å²) in [5, 5.41) is 12.7. The molecule has 0 spiro atoms. The lowest BCUT2D eigenvalue weighted by atomic mass is 9.96. The molecule has 1 atom stereocenters. The van der Waals surface area contributed by atoms with Gasteiger partial charge in [-0.3, -0.25) is 0 Å². The summed E-state index contributed by atoms with van der Waals surface area (Å²) in [5.41, 5.74) is 4.88. The van der Waals surface area contributed by atoms with Crippen molar-refractivity contribution < 1.29 is 9.50 Å². The van der Waals surface area contributed by atoms with Crippen LogP contribution in [0.5, 0.6) is 0 Å². The molecule has 0 aliphatic heterocycles. The molecule has 2 rings (SSSR count). The van der Waals surface area contributed by atoms with Crippen LogP contribution in [0.3, 0.4) is 0 Å². The third-order valence-electron chi connectivity index (χ3n) is 3.64. The van der Waals surface area contributed by atoms with Crippen LogP contribution in [0.15, 0.2) is 36.4 Å². The van der Waals surface area contributed by atoms with Gasteiger partial charge in [-0.05, 0) is 55.2 Å². The van der Waals surface area contributed by atoms with Crippen LogP contribution in [0.2, 0.25) is 0 Å². The second kappa shape index (κ2) is 6.06. The number of hydrogen-bond donors (Lipinski definition) is 2. The number of aliphatic hydroxyl groups is 1. The zero-order chi connectivity index (χ0) is 14.7. The summed E-state index contributed by atoms with van der Waals surface area (Å²) in [6.07, 6.45) is 0. The number of aliphatic hydroxyl groups excluding tert-OH is 1. The number of nitrogens with one attached hydrogen (secondary N) is 1. The average molecular weight is 273 g/mol. The molecule has 0 aromatic heterocycles. The van der Waals surface area contributed by atoms with Crippen LogP contribution in [0, 0.1) is 26.6 Å². The first-order chi connectivity index (χ1) is 9.52. The molecule has 0 fully saturated rings. The minimum Gasteiger partial charge on any atom is -0.394 e. The summed E-state index contributed by atoms with van der Waals surface area (Å²) in [4.78, 5) is 0. The first kappa shape index (κ1) is 14.5. The molecule has 0 saturated carbocycles. The molecule has 2 aromatic rings. The molecule has 3 heteroatoms. The standard InChI is InChI=1S/C17H20FNO/c1-11-8-13(3)14(9-12(11)2)17(10-20)19-16-7-5-4-6-15(16)18/h4-9,17,19-20H,10H2,1-3H3. The molecule has 0 amide bonds. The fourth-order valence-corrected chi connectivity index (χ4v) is 2.35. The highest BCUT2D eigenvalue weighted by atomic mass is 19.1. The minimum absolute atomic E-state index is 0.0856. The molecule has 2 nitrogen and oxygen atoms in total. The smallest absolute Gasteiger partial charge is 0.146 e. The van der Waals surface area contributed by atoms with E-state index in [9.17, 15) is 9.50 Å². The minimum atomic E-state index is -0.314. The fourth-order valence-electron chi connectivity index (χ4n) is 2.35. The Morgan fingerprint density at radius 2 is 1.70 bits per heavy atom. The van der Waals surface area contributed by atoms with Gasteiger partial charge in [0.05, 0.1) is 18.3 Å². The Hall–Kier alpha value is -1.87. The van der Waals surface area contributed by atoms with Crippen LogP contribution >= 0.6 is 0 Å². The highest BCUT2D eigenvalue weighted by Gasteiger charge is 2.15. The second-order valence-corrected chi connectivity index (χ2v) is 5.15. The van der Waals surface area contributed by atoms with Crippen molar-refractivity contribution in [2.45, 2.75) is 26.8 Å². The molecule has 1 unspecified atom stereocenters. The predicted octanol–water partition coefficient (Wildman–Crippen LogP) is 3.90. The molecule has 0 aliphatic rings. The largest absolute Gasteiger partial charge is 0.394 e. The zero-order valence-corrected chi connectivity index (χ0v) is 12.1. The molecule has 106 valence electrons. The number of anilines is 1. The van der Waals surface area contributed by atoms with E-state index in [1.54, 1.807) is 18.2 Å². The summed E-state index contributed by atoms with van der Waals surface area (Å²) in [5.74, 6) is -0.313. The van der Waals surface area contributed by atoms with Crippen molar-refractivity contribution in [2.24, 2.45) is 0 Å². The second-order valence-electron chi connectivity index (χ2n) is 5.15. The van der Waals surface area contributed by atoms with Crippen molar-refractivity contribution in [1.29, 1.82) is 0 Å². The van der Waals surface area contributed by atoms with Crippen molar-refractivity contribution in [3.8, 4) is 0 Å². The van der Waals surface area contributed by atoms with Crippen molar-refractivity contribution in [3.05, 3.63) is 64.5 Å². The summed E-state index contributed by atoms with van der Waals surface area (Å²) in [6.45, 7) is 6.02. The number of halogens is 1. The molecular formula is C17H20FNO. The molecular weight excluding hydrogens is 253 g/mol.